The van der Waals surface area contributed by atoms with Crippen LogP contribution in [0.15, 0.2) is 42.5 Å². The van der Waals surface area contributed by atoms with E-state index < -0.39 is 0 Å². The minimum Gasteiger partial charge on any atom is -0.353 e. The van der Waals surface area contributed by atoms with Crippen LogP contribution in [0.5, 0.6) is 0 Å². The van der Waals surface area contributed by atoms with E-state index in [9.17, 15) is 0 Å². The van der Waals surface area contributed by atoms with E-state index in [4.69, 9.17) is 9.47 Å². The number of hydrogen-bond acceptors (Lipinski definition) is 2. The molecule has 0 atom stereocenters. The molecule has 0 aromatic heterocycles. The first kappa shape index (κ1) is 13.1. The molecule has 0 bridgehead atoms. The Morgan fingerprint density at radius 2 is 1.56 bits per heavy atom. The molecule has 2 rings (SSSR count). The van der Waals surface area contributed by atoms with Gasteiger partial charge in [0, 0.05) is 19.6 Å². The first-order chi connectivity index (χ1) is 8.85. The summed E-state index contributed by atoms with van der Waals surface area (Å²) in [6, 6.07) is 14.8. The Bertz CT molecular complexity index is 482. The highest BCUT2D eigenvalue weighted by molar-refractivity contribution is 5.85. The molecule has 2 aromatic carbocycles. The third kappa shape index (κ3) is 3.09. The van der Waals surface area contributed by atoms with Gasteiger partial charge < -0.3 is 9.47 Å². The smallest absolute Gasteiger partial charge is 0.161 e. The summed E-state index contributed by atoms with van der Waals surface area (Å²) in [6.07, 6.45) is 0.647. The van der Waals surface area contributed by atoms with Crippen LogP contribution >= 0.6 is 0 Å². The monoisotopic (exact) mass is 244 g/mol. The van der Waals surface area contributed by atoms with Gasteiger partial charge in [0.25, 0.3) is 0 Å². The van der Waals surface area contributed by atoms with Crippen LogP contribution < -0.4 is 0 Å². The molecule has 0 heterocycles. The average Bonchev–Trinajstić information content (AvgIpc) is 2.40. The third-order valence-corrected chi connectivity index (χ3v) is 2.97. The lowest BCUT2D eigenvalue weighted by Gasteiger charge is -2.17. The topological polar surface area (TPSA) is 18.5 Å². The fourth-order valence-electron chi connectivity index (χ4n) is 2.19. The number of ether oxygens (including phenoxy) is 2. The summed E-state index contributed by atoms with van der Waals surface area (Å²) in [5, 5.41) is 2.55. The van der Waals surface area contributed by atoms with Crippen molar-refractivity contribution in [3.63, 3.8) is 0 Å². The maximum atomic E-state index is 5.61. The Labute approximate surface area is 109 Å². The molecule has 18 heavy (non-hydrogen) atoms. The van der Waals surface area contributed by atoms with Gasteiger partial charge in [0.1, 0.15) is 0 Å². The van der Waals surface area contributed by atoms with E-state index in [0.717, 1.165) is 6.42 Å². The van der Waals surface area contributed by atoms with Gasteiger partial charge in [-0.1, -0.05) is 42.5 Å². The number of hydrogen-bond donors (Lipinski definition) is 0. The first-order valence-corrected chi connectivity index (χ1v) is 6.55. The standard InChI is InChI=1S/C16H20O2/c1-3-17-16(18-4-2)12-14-10-7-9-13-8-5-6-11-15(13)14/h5-11,16H,3-4,12H2,1-2H3. The summed E-state index contributed by atoms with van der Waals surface area (Å²) in [6.45, 7) is 5.34. The van der Waals surface area contributed by atoms with E-state index in [2.05, 4.69) is 42.5 Å². The molecule has 0 unspecified atom stereocenters. The first-order valence-electron chi connectivity index (χ1n) is 6.55. The fourth-order valence-corrected chi connectivity index (χ4v) is 2.19. The third-order valence-electron chi connectivity index (χ3n) is 2.97. The molecule has 0 spiro atoms. The molecule has 0 radical (unpaired) electrons. The fraction of sp³-hybridized carbons (Fsp3) is 0.375. The molecule has 0 aliphatic heterocycles. The lowest BCUT2D eigenvalue weighted by Crippen LogP contribution is -2.20. The van der Waals surface area contributed by atoms with E-state index in [1.807, 2.05) is 13.8 Å². The van der Waals surface area contributed by atoms with Crippen LogP contribution in [-0.2, 0) is 15.9 Å². The second-order valence-electron chi connectivity index (χ2n) is 4.18. The van der Waals surface area contributed by atoms with Gasteiger partial charge in [-0.25, -0.2) is 0 Å². The molecule has 2 heteroatoms. The van der Waals surface area contributed by atoms with Crippen molar-refractivity contribution in [2.24, 2.45) is 0 Å². The zero-order chi connectivity index (χ0) is 12.8. The molecule has 0 aliphatic carbocycles. The Morgan fingerprint density at radius 3 is 2.28 bits per heavy atom. The molecule has 0 amide bonds. The molecule has 0 saturated heterocycles. The van der Waals surface area contributed by atoms with Crippen LogP contribution in [0.25, 0.3) is 10.8 Å². The van der Waals surface area contributed by atoms with Crippen molar-refractivity contribution in [2.75, 3.05) is 13.2 Å². The van der Waals surface area contributed by atoms with E-state index in [0.29, 0.717) is 13.2 Å². The Kier molecular flexibility index (Phi) is 4.73. The van der Waals surface area contributed by atoms with Crippen LogP contribution in [0.2, 0.25) is 0 Å². The summed E-state index contributed by atoms with van der Waals surface area (Å²) < 4.78 is 11.2. The van der Waals surface area contributed by atoms with Gasteiger partial charge in [0.15, 0.2) is 6.29 Å². The average molecular weight is 244 g/mol. The van der Waals surface area contributed by atoms with Crippen LogP contribution in [0.4, 0.5) is 0 Å². The molecule has 0 fully saturated rings. The largest absolute Gasteiger partial charge is 0.353 e. The molecule has 2 nitrogen and oxygen atoms in total. The summed E-state index contributed by atoms with van der Waals surface area (Å²) in [5.41, 5.74) is 1.28. The minimum atomic E-state index is -0.147. The van der Waals surface area contributed by atoms with Crippen molar-refractivity contribution in [1.29, 1.82) is 0 Å². The summed E-state index contributed by atoms with van der Waals surface area (Å²) >= 11 is 0. The Morgan fingerprint density at radius 1 is 0.889 bits per heavy atom. The molecular formula is C16H20O2. The van der Waals surface area contributed by atoms with Crippen LogP contribution in [0.3, 0.4) is 0 Å². The van der Waals surface area contributed by atoms with E-state index in [-0.39, 0.29) is 6.29 Å². The quantitative estimate of drug-likeness (QED) is 0.720. The number of rotatable bonds is 6. The van der Waals surface area contributed by atoms with Gasteiger partial charge in [-0.15, -0.1) is 0 Å². The van der Waals surface area contributed by atoms with Crippen LogP contribution in [0.1, 0.15) is 19.4 Å². The maximum absolute atomic E-state index is 5.61. The number of benzene rings is 2. The SMILES string of the molecule is CCOC(Cc1cccc2ccccc12)OCC. The summed E-state index contributed by atoms with van der Waals surface area (Å²) in [4.78, 5) is 0. The predicted molar refractivity (Wildman–Crippen MR) is 74.7 cm³/mol. The van der Waals surface area contributed by atoms with Crippen LogP contribution in [0, 0.1) is 0 Å². The predicted octanol–water partition coefficient (Wildman–Crippen LogP) is 3.78. The molecule has 96 valence electrons. The van der Waals surface area contributed by atoms with E-state index >= 15 is 0 Å². The van der Waals surface area contributed by atoms with Crippen molar-refractivity contribution in [2.45, 2.75) is 26.6 Å². The van der Waals surface area contributed by atoms with Gasteiger partial charge in [0.05, 0.1) is 0 Å². The normalized spacial score (nSPS) is 11.3. The van der Waals surface area contributed by atoms with Gasteiger partial charge in [0.2, 0.25) is 0 Å². The van der Waals surface area contributed by atoms with Crippen LogP contribution in [-0.4, -0.2) is 19.5 Å². The second kappa shape index (κ2) is 6.53. The Hall–Kier alpha value is -1.38. The van der Waals surface area contributed by atoms with E-state index in [1.54, 1.807) is 0 Å². The summed E-state index contributed by atoms with van der Waals surface area (Å²) in [5.74, 6) is 0. The molecular weight excluding hydrogens is 224 g/mol. The minimum absolute atomic E-state index is 0.147. The second-order valence-corrected chi connectivity index (χ2v) is 4.18. The van der Waals surface area contributed by atoms with Crippen molar-refractivity contribution in [3.05, 3.63) is 48.0 Å². The molecule has 0 saturated carbocycles. The van der Waals surface area contributed by atoms with Crippen molar-refractivity contribution in [1.82, 2.24) is 0 Å². The van der Waals surface area contributed by atoms with E-state index in [1.165, 1.54) is 16.3 Å². The van der Waals surface area contributed by atoms with Gasteiger partial charge in [-0.2, -0.15) is 0 Å². The molecule has 0 aliphatic rings. The van der Waals surface area contributed by atoms with Gasteiger partial charge in [-0.05, 0) is 30.2 Å². The van der Waals surface area contributed by atoms with Crippen molar-refractivity contribution in [3.8, 4) is 0 Å². The highest BCUT2D eigenvalue weighted by Gasteiger charge is 2.10. The zero-order valence-electron chi connectivity index (χ0n) is 11.1. The Balaban J connectivity index is 2.24. The van der Waals surface area contributed by atoms with Gasteiger partial charge >= 0.3 is 0 Å². The maximum Gasteiger partial charge on any atom is 0.161 e. The molecule has 0 N–H and O–H groups in total. The summed E-state index contributed by atoms with van der Waals surface area (Å²) in [7, 11) is 0. The lowest BCUT2D eigenvalue weighted by molar-refractivity contribution is -0.134. The highest BCUT2D eigenvalue weighted by Crippen LogP contribution is 2.20. The lowest BCUT2D eigenvalue weighted by atomic mass is 10.0. The van der Waals surface area contributed by atoms with Crippen molar-refractivity contribution >= 4 is 10.8 Å². The van der Waals surface area contributed by atoms with Crippen molar-refractivity contribution < 1.29 is 9.47 Å². The molecule has 2 aromatic rings. The number of fused-ring (bicyclic) bond motifs is 1. The zero-order valence-corrected chi connectivity index (χ0v) is 11.1. The highest BCUT2D eigenvalue weighted by atomic mass is 16.7. The van der Waals surface area contributed by atoms with Gasteiger partial charge in [-0.3, -0.25) is 0 Å².